The molecule has 0 bridgehead atoms. The van der Waals surface area contributed by atoms with Crippen LogP contribution in [-0.2, 0) is 6.54 Å². The van der Waals surface area contributed by atoms with Gasteiger partial charge in [0.15, 0.2) is 5.69 Å². The summed E-state index contributed by atoms with van der Waals surface area (Å²) < 4.78 is 1.60. The molecule has 0 saturated heterocycles. The van der Waals surface area contributed by atoms with Crippen molar-refractivity contribution in [3.8, 4) is 11.3 Å². The number of hydrogen-bond donors (Lipinski definition) is 1. The summed E-state index contributed by atoms with van der Waals surface area (Å²) >= 11 is 5.89. The second-order valence-corrected chi connectivity index (χ2v) is 5.68. The molecule has 2 aromatic carbocycles. The zero-order valence-corrected chi connectivity index (χ0v) is 13.2. The number of hydrogen-bond acceptors (Lipinski definition) is 3. The molecule has 116 valence electrons. The van der Waals surface area contributed by atoms with E-state index in [1.54, 1.807) is 16.8 Å². The fourth-order valence-corrected chi connectivity index (χ4v) is 2.53. The highest BCUT2D eigenvalue weighted by Gasteiger charge is 2.20. The van der Waals surface area contributed by atoms with Crippen molar-refractivity contribution in [1.82, 2.24) is 15.0 Å². The van der Waals surface area contributed by atoms with Crippen molar-refractivity contribution in [2.75, 3.05) is 0 Å². The highest BCUT2D eigenvalue weighted by Crippen LogP contribution is 2.24. The number of rotatable bonds is 4. The minimum atomic E-state index is -1.09. The molecule has 0 fully saturated rings. The Morgan fingerprint density at radius 1 is 1.22 bits per heavy atom. The number of carboxylic acids is 1. The third-order valence-electron chi connectivity index (χ3n) is 3.47. The van der Waals surface area contributed by atoms with Gasteiger partial charge in [-0.3, -0.25) is 0 Å². The van der Waals surface area contributed by atoms with E-state index in [9.17, 15) is 9.90 Å². The van der Waals surface area contributed by atoms with E-state index in [-0.39, 0.29) is 5.69 Å². The van der Waals surface area contributed by atoms with Crippen molar-refractivity contribution in [3.63, 3.8) is 0 Å². The molecule has 3 rings (SSSR count). The molecule has 5 nitrogen and oxygen atoms in total. The molecule has 1 aromatic heterocycles. The maximum Gasteiger partial charge on any atom is 0.358 e. The summed E-state index contributed by atoms with van der Waals surface area (Å²) in [5.41, 5.74) is 3.23. The largest absolute Gasteiger partial charge is 0.476 e. The molecule has 1 N–H and O–H groups in total. The molecule has 0 atom stereocenters. The molecule has 6 heteroatoms. The van der Waals surface area contributed by atoms with Gasteiger partial charge in [0.05, 0.1) is 6.54 Å². The standard InChI is InChI=1S/C17H14ClN3O2/c1-11-3-2-4-13(9-11)16-15(17(22)23)19-20-21(16)10-12-5-7-14(18)8-6-12/h2-9H,10H2,1H3,(H,22,23). The van der Waals surface area contributed by atoms with Gasteiger partial charge in [0.1, 0.15) is 5.69 Å². The summed E-state index contributed by atoms with van der Waals surface area (Å²) in [6.45, 7) is 2.37. The van der Waals surface area contributed by atoms with Crippen LogP contribution in [0.2, 0.25) is 5.02 Å². The lowest BCUT2D eigenvalue weighted by atomic mass is 10.1. The molecule has 0 aliphatic carbocycles. The predicted molar refractivity (Wildman–Crippen MR) is 87.7 cm³/mol. The summed E-state index contributed by atoms with van der Waals surface area (Å²) in [5.74, 6) is -1.09. The van der Waals surface area contributed by atoms with Gasteiger partial charge in [0.2, 0.25) is 0 Å². The normalized spacial score (nSPS) is 10.7. The maximum atomic E-state index is 11.5. The third kappa shape index (κ3) is 3.24. The summed E-state index contributed by atoms with van der Waals surface area (Å²) in [5, 5.41) is 17.9. The third-order valence-corrected chi connectivity index (χ3v) is 3.73. The van der Waals surface area contributed by atoms with E-state index >= 15 is 0 Å². The fraction of sp³-hybridized carbons (Fsp3) is 0.118. The van der Waals surface area contributed by atoms with Crippen molar-refractivity contribution >= 4 is 17.6 Å². The minimum Gasteiger partial charge on any atom is -0.476 e. The second-order valence-electron chi connectivity index (χ2n) is 5.25. The predicted octanol–water partition coefficient (Wildman–Crippen LogP) is 3.65. The van der Waals surface area contributed by atoms with E-state index in [0.29, 0.717) is 17.3 Å². The Morgan fingerprint density at radius 2 is 1.96 bits per heavy atom. The van der Waals surface area contributed by atoms with Crippen molar-refractivity contribution < 1.29 is 9.90 Å². The second kappa shape index (κ2) is 6.22. The first-order valence-corrected chi connectivity index (χ1v) is 7.40. The molecule has 0 amide bonds. The highest BCUT2D eigenvalue weighted by molar-refractivity contribution is 6.30. The van der Waals surface area contributed by atoms with Crippen LogP contribution in [0.3, 0.4) is 0 Å². The lowest BCUT2D eigenvalue weighted by molar-refractivity contribution is 0.0691. The number of nitrogens with zero attached hydrogens (tertiary/aromatic N) is 3. The Morgan fingerprint density at radius 3 is 2.61 bits per heavy atom. The molecule has 0 spiro atoms. The van der Waals surface area contributed by atoms with Crippen LogP contribution in [-0.4, -0.2) is 26.1 Å². The number of aromatic nitrogens is 3. The Kier molecular flexibility index (Phi) is 4.12. The molecular weight excluding hydrogens is 314 g/mol. The Hall–Kier alpha value is -2.66. The number of carbonyl (C=O) groups is 1. The lowest BCUT2D eigenvalue weighted by Gasteiger charge is -2.08. The average molecular weight is 328 g/mol. The van der Waals surface area contributed by atoms with Crippen LogP contribution in [0, 0.1) is 6.92 Å². The Labute approximate surface area is 138 Å². The van der Waals surface area contributed by atoms with Crippen LogP contribution < -0.4 is 0 Å². The van der Waals surface area contributed by atoms with Gasteiger partial charge in [-0.1, -0.05) is 52.7 Å². The number of aromatic carboxylic acids is 1. The number of carboxylic acid groups (broad SMARTS) is 1. The first kappa shape index (κ1) is 15.2. The van der Waals surface area contributed by atoms with Gasteiger partial charge in [-0.2, -0.15) is 0 Å². The van der Waals surface area contributed by atoms with Crippen molar-refractivity contribution in [1.29, 1.82) is 0 Å². The number of halogens is 1. The van der Waals surface area contributed by atoms with Crippen LogP contribution in [0.5, 0.6) is 0 Å². The van der Waals surface area contributed by atoms with E-state index in [1.165, 1.54) is 0 Å². The summed E-state index contributed by atoms with van der Waals surface area (Å²) in [6, 6.07) is 15.0. The van der Waals surface area contributed by atoms with Gasteiger partial charge < -0.3 is 5.11 Å². The fourth-order valence-electron chi connectivity index (χ4n) is 2.41. The Bertz CT molecular complexity index is 857. The lowest BCUT2D eigenvalue weighted by Crippen LogP contribution is -2.06. The summed E-state index contributed by atoms with van der Waals surface area (Å²) in [4.78, 5) is 11.5. The van der Waals surface area contributed by atoms with Crippen LogP contribution in [0.25, 0.3) is 11.3 Å². The van der Waals surface area contributed by atoms with Gasteiger partial charge >= 0.3 is 5.97 Å². The summed E-state index contributed by atoms with van der Waals surface area (Å²) in [7, 11) is 0. The molecule has 0 aliphatic rings. The van der Waals surface area contributed by atoms with E-state index < -0.39 is 5.97 Å². The minimum absolute atomic E-state index is 0.0513. The molecule has 0 unspecified atom stereocenters. The van der Waals surface area contributed by atoms with E-state index in [4.69, 9.17) is 11.6 Å². The van der Waals surface area contributed by atoms with E-state index in [1.807, 2.05) is 43.3 Å². The van der Waals surface area contributed by atoms with Crippen molar-refractivity contribution in [3.05, 3.63) is 70.4 Å². The highest BCUT2D eigenvalue weighted by atomic mass is 35.5. The van der Waals surface area contributed by atoms with Crippen LogP contribution in [0.15, 0.2) is 48.5 Å². The average Bonchev–Trinajstić information content (AvgIpc) is 2.93. The monoisotopic (exact) mass is 327 g/mol. The molecular formula is C17H14ClN3O2. The zero-order valence-electron chi connectivity index (χ0n) is 12.4. The van der Waals surface area contributed by atoms with Crippen LogP contribution in [0.1, 0.15) is 21.6 Å². The quantitative estimate of drug-likeness (QED) is 0.794. The van der Waals surface area contributed by atoms with E-state index in [0.717, 1.165) is 16.7 Å². The topological polar surface area (TPSA) is 68.0 Å². The SMILES string of the molecule is Cc1cccc(-c2c(C(=O)O)nnn2Cc2ccc(Cl)cc2)c1. The zero-order chi connectivity index (χ0) is 16.4. The van der Waals surface area contributed by atoms with Crippen molar-refractivity contribution in [2.24, 2.45) is 0 Å². The first-order valence-electron chi connectivity index (χ1n) is 7.03. The number of aryl methyl sites for hydroxylation is 1. The summed E-state index contributed by atoms with van der Waals surface area (Å²) in [6.07, 6.45) is 0. The molecule has 3 aromatic rings. The molecule has 0 saturated carbocycles. The van der Waals surface area contributed by atoms with E-state index in [2.05, 4.69) is 10.3 Å². The maximum absolute atomic E-state index is 11.5. The number of benzene rings is 2. The molecule has 23 heavy (non-hydrogen) atoms. The smallest absolute Gasteiger partial charge is 0.358 e. The molecule has 0 radical (unpaired) electrons. The molecule has 1 heterocycles. The molecule has 0 aliphatic heterocycles. The van der Waals surface area contributed by atoms with Gasteiger partial charge in [0.25, 0.3) is 0 Å². The van der Waals surface area contributed by atoms with Crippen LogP contribution >= 0.6 is 11.6 Å². The van der Waals surface area contributed by atoms with Gasteiger partial charge in [-0.05, 0) is 30.7 Å². The van der Waals surface area contributed by atoms with Crippen molar-refractivity contribution in [2.45, 2.75) is 13.5 Å². The van der Waals surface area contributed by atoms with Crippen LogP contribution in [0.4, 0.5) is 0 Å². The van der Waals surface area contributed by atoms with Gasteiger partial charge in [-0.25, -0.2) is 9.48 Å². The van der Waals surface area contributed by atoms with Gasteiger partial charge in [-0.15, -0.1) is 5.10 Å². The Balaban J connectivity index is 2.07. The first-order chi connectivity index (χ1) is 11.0. The van der Waals surface area contributed by atoms with Gasteiger partial charge in [0, 0.05) is 10.6 Å².